The van der Waals surface area contributed by atoms with Gasteiger partial charge in [0.25, 0.3) is 11.6 Å². The number of nitrogens with two attached hydrogens (primary N) is 1. The second-order valence-corrected chi connectivity index (χ2v) is 7.44. The number of hydrogen-bond donors (Lipinski definition) is 2. The van der Waals surface area contributed by atoms with Crippen LogP contribution in [0.3, 0.4) is 0 Å². The van der Waals surface area contributed by atoms with Gasteiger partial charge in [0, 0.05) is 17.8 Å². The largest absolute Gasteiger partial charge is 0.349 e. The molecule has 0 aliphatic heterocycles. The highest BCUT2D eigenvalue weighted by Crippen LogP contribution is 2.40. The Bertz CT molecular complexity index is 777. The van der Waals surface area contributed by atoms with E-state index in [9.17, 15) is 4.79 Å². The number of amides is 1. The molecule has 2 aromatic rings. The Labute approximate surface area is 153 Å². The lowest BCUT2D eigenvalue weighted by atomic mass is 9.67. The number of halogens is 1. The molecule has 2 aliphatic rings. The van der Waals surface area contributed by atoms with Gasteiger partial charge in [-0.15, -0.1) is 12.4 Å². The Balaban J connectivity index is 0.00000182. The van der Waals surface area contributed by atoms with Crippen molar-refractivity contribution in [3.8, 4) is 0 Å². The number of pyridine rings is 1. The van der Waals surface area contributed by atoms with E-state index in [4.69, 9.17) is 10.3 Å². The highest BCUT2D eigenvalue weighted by atomic mass is 35.5. The van der Waals surface area contributed by atoms with E-state index in [1.807, 2.05) is 19.9 Å². The molecule has 7 heteroatoms. The average molecular weight is 365 g/mol. The maximum atomic E-state index is 13.0. The van der Waals surface area contributed by atoms with Crippen LogP contribution in [-0.2, 0) is 0 Å². The number of aromatic nitrogens is 2. The fourth-order valence-corrected chi connectivity index (χ4v) is 4.65. The molecule has 2 atom stereocenters. The molecule has 2 aliphatic carbocycles. The predicted octanol–water partition coefficient (Wildman–Crippen LogP) is 2.90. The van der Waals surface area contributed by atoms with E-state index >= 15 is 0 Å². The Morgan fingerprint density at radius 3 is 2.64 bits per heavy atom. The number of nitrogens with zero attached hydrogens (tertiary/aromatic N) is 2. The molecular formula is C18H25ClN4O2. The number of fused-ring (bicyclic) bond motifs is 3. The summed E-state index contributed by atoms with van der Waals surface area (Å²) in [5, 5.41) is 7.98. The molecule has 2 aromatic heterocycles. The number of carbonyl (C=O) groups excluding carboxylic acids is 1. The quantitative estimate of drug-likeness (QED) is 0.854. The van der Waals surface area contributed by atoms with Gasteiger partial charge in [-0.2, -0.15) is 0 Å². The predicted molar refractivity (Wildman–Crippen MR) is 97.8 cm³/mol. The van der Waals surface area contributed by atoms with Crippen molar-refractivity contribution in [3.63, 3.8) is 0 Å². The molecule has 2 fully saturated rings. The highest BCUT2D eigenvalue weighted by molar-refractivity contribution is 6.06. The average Bonchev–Trinajstić information content (AvgIpc) is 2.88. The zero-order chi connectivity index (χ0) is 16.8. The minimum Gasteiger partial charge on any atom is -0.349 e. The monoisotopic (exact) mass is 364 g/mol. The minimum absolute atomic E-state index is 0. The van der Waals surface area contributed by atoms with Gasteiger partial charge < -0.3 is 15.6 Å². The van der Waals surface area contributed by atoms with E-state index in [-0.39, 0.29) is 30.4 Å². The molecule has 136 valence electrons. The summed E-state index contributed by atoms with van der Waals surface area (Å²) in [7, 11) is 0. The van der Waals surface area contributed by atoms with Crippen LogP contribution in [0.4, 0.5) is 0 Å². The molecule has 3 N–H and O–H groups in total. The number of aryl methyl sites for hydroxylation is 2. The zero-order valence-electron chi connectivity index (χ0n) is 14.6. The number of carbonyl (C=O) groups is 1. The summed E-state index contributed by atoms with van der Waals surface area (Å²) in [4.78, 5) is 17.3. The van der Waals surface area contributed by atoms with Crippen LogP contribution in [0.25, 0.3) is 11.1 Å². The van der Waals surface area contributed by atoms with E-state index in [1.54, 1.807) is 0 Å². The number of nitrogens with one attached hydrogen (secondary N) is 1. The van der Waals surface area contributed by atoms with Gasteiger partial charge in [0.15, 0.2) is 0 Å². The molecule has 2 heterocycles. The van der Waals surface area contributed by atoms with Crippen molar-refractivity contribution in [2.45, 2.75) is 58.0 Å². The number of rotatable bonds is 2. The van der Waals surface area contributed by atoms with E-state index in [2.05, 4.69) is 15.5 Å². The topological polar surface area (TPSA) is 94.0 Å². The van der Waals surface area contributed by atoms with Crippen LogP contribution in [-0.4, -0.2) is 28.1 Å². The molecule has 2 saturated carbocycles. The van der Waals surface area contributed by atoms with Gasteiger partial charge in [0.1, 0.15) is 0 Å². The first-order chi connectivity index (χ1) is 11.5. The molecular weight excluding hydrogens is 340 g/mol. The molecule has 2 unspecified atom stereocenters. The van der Waals surface area contributed by atoms with Crippen molar-refractivity contribution in [1.29, 1.82) is 0 Å². The van der Waals surface area contributed by atoms with Crippen LogP contribution in [0.1, 0.15) is 53.8 Å². The molecule has 6 nitrogen and oxygen atoms in total. The van der Waals surface area contributed by atoms with E-state index < -0.39 is 0 Å². The van der Waals surface area contributed by atoms with Crippen LogP contribution in [0.5, 0.6) is 0 Å². The third-order valence-electron chi connectivity index (χ3n) is 5.66. The standard InChI is InChI=1S/C18H24N4O2.ClH/c1-9-6-14(15-10(2)22-24-18(15)20-9)17(23)21-16-11-4-3-5-12(16)8-13(19)7-11;/h6,11-13,16H,3-5,7-8,19H2,1-2H3,(H,21,23);1H. The van der Waals surface area contributed by atoms with Crippen molar-refractivity contribution >= 4 is 29.4 Å². The van der Waals surface area contributed by atoms with E-state index in [0.29, 0.717) is 28.8 Å². The van der Waals surface area contributed by atoms with Gasteiger partial charge in [0.05, 0.1) is 16.6 Å². The summed E-state index contributed by atoms with van der Waals surface area (Å²) in [5.74, 6) is 0.950. The Morgan fingerprint density at radius 2 is 1.96 bits per heavy atom. The maximum Gasteiger partial charge on any atom is 0.258 e. The first-order valence-electron chi connectivity index (χ1n) is 8.83. The summed E-state index contributed by atoms with van der Waals surface area (Å²) in [6.45, 7) is 3.70. The zero-order valence-corrected chi connectivity index (χ0v) is 15.4. The Kier molecular flexibility index (Phi) is 5.02. The summed E-state index contributed by atoms with van der Waals surface area (Å²) >= 11 is 0. The van der Waals surface area contributed by atoms with Crippen molar-refractivity contribution < 1.29 is 9.32 Å². The third-order valence-corrected chi connectivity index (χ3v) is 5.66. The van der Waals surface area contributed by atoms with E-state index in [0.717, 1.165) is 36.8 Å². The SMILES string of the molecule is Cc1cc(C(=O)NC2C3CCCC2CC(N)C3)c2c(C)noc2n1.Cl. The fraction of sp³-hybridized carbons (Fsp3) is 0.611. The molecule has 1 amide bonds. The van der Waals surface area contributed by atoms with Gasteiger partial charge >= 0.3 is 0 Å². The summed E-state index contributed by atoms with van der Waals surface area (Å²) in [6, 6.07) is 2.34. The fourth-order valence-electron chi connectivity index (χ4n) is 4.65. The third kappa shape index (κ3) is 3.25. The second-order valence-electron chi connectivity index (χ2n) is 7.44. The number of hydrogen-bond acceptors (Lipinski definition) is 5. The van der Waals surface area contributed by atoms with Crippen molar-refractivity contribution in [3.05, 3.63) is 23.0 Å². The van der Waals surface area contributed by atoms with Gasteiger partial charge in [-0.1, -0.05) is 11.6 Å². The first kappa shape index (κ1) is 18.1. The summed E-state index contributed by atoms with van der Waals surface area (Å²) < 4.78 is 5.24. The highest BCUT2D eigenvalue weighted by Gasteiger charge is 2.40. The van der Waals surface area contributed by atoms with Crippen molar-refractivity contribution in [2.24, 2.45) is 17.6 Å². The molecule has 2 bridgehead atoms. The van der Waals surface area contributed by atoms with Crippen molar-refractivity contribution in [2.75, 3.05) is 0 Å². The normalized spacial score (nSPS) is 28.4. The van der Waals surface area contributed by atoms with Crippen LogP contribution < -0.4 is 11.1 Å². The van der Waals surface area contributed by atoms with Crippen LogP contribution in [0.2, 0.25) is 0 Å². The molecule has 0 saturated heterocycles. The minimum atomic E-state index is -0.0471. The molecule has 0 aromatic carbocycles. The lowest BCUT2D eigenvalue weighted by molar-refractivity contribution is 0.0757. The van der Waals surface area contributed by atoms with Crippen LogP contribution >= 0.6 is 12.4 Å². The molecule has 0 radical (unpaired) electrons. The van der Waals surface area contributed by atoms with Crippen molar-refractivity contribution in [1.82, 2.24) is 15.5 Å². The molecule has 25 heavy (non-hydrogen) atoms. The summed E-state index contributed by atoms with van der Waals surface area (Å²) in [5.41, 5.74) is 8.70. The first-order valence-corrected chi connectivity index (χ1v) is 8.83. The maximum absolute atomic E-state index is 13.0. The molecule has 0 spiro atoms. The lowest BCUT2D eigenvalue weighted by Gasteiger charge is -2.45. The van der Waals surface area contributed by atoms with Gasteiger partial charge in [-0.3, -0.25) is 4.79 Å². The molecule has 4 rings (SSSR count). The smallest absolute Gasteiger partial charge is 0.258 e. The summed E-state index contributed by atoms with van der Waals surface area (Å²) in [6.07, 6.45) is 5.59. The Morgan fingerprint density at radius 1 is 1.28 bits per heavy atom. The second kappa shape index (κ2) is 6.92. The van der Waals surface area contributed by atoms with Crippen LogP contribution in [0.15, 0.2) is 10.6 Å². The van der Waals surface area contributed by atoms with Gasteiger partial charge in [-0.05, 0) is 57.4 Å². The van der Waals surface area contributed by atoms with E-state index in [1.165, 1.54) is 6.42 Å². The van der Waals surface area contributed by atoms with Gasteiger partial charge in [0.2, 0.25) is 0 Å². The van der Waals surface area contributed by atoms with Crippen LogP contribution in [0, 0.1) is 25.7 Å². The lowest BCUT2D eigenvalue weighted by Crippen LogP contribution is -2.53. The van der Waals surface area contributed by atoms with Gasteiger partial charge in [-0.25, -0.2) is 4.98 Å². The Hall–Kier alpha value is -1.66.